The number of aryl methyl sites for hydroxylation is 2. The molecular weight excluding hydrogens is 378 g/mol. The fraction of sp³-hybridized carbons (Fsp3) is 0.364. The lowest BCUT2D eigenvalue weighted by Gasteiger charge is -2.17. The van der Waals surface area contributed by atoms with Crippen LogP contribution in [0, 0.1) is 6.92 Å². The van der Waals surface area contributed by atoms with Crippen molar-refractivity contribution < 1.29 is 4.79 Å². The van der Waals surface area contributed by atoms with Crippen molar-refractivity contribution in [1.82, 2.24) is 25.1 Å². The number of hydrogen-bond acceptors (Lipinski definition) is 6. The highest BCUT2D eigenvalue weighted by Crippen LogP contribution is 2.20. The maximum Gasteiger partial charge on any atom is 0.269 e. The summed E-state index contributed by atoms with van der Waals surface area (Å²) in [5.41, 5.74) is 3.22. The summed E-state index contributed by atoms with van der Waals surface area (Å²) in [6.07, 6.45) is 2.41. The van der Waals surface area contributed by atoms with E-state index in [-0.39, 0.29) is 5.91 Å². The molecule has 1 amide bonds. The Morgan fingerprint density at radius 2 is 1.83 bits per heavy atom. The van der Waals surface area contributed by atoms with Gasteiger partial charge in [-0.05, 0) is 25.8 Å². The van der Waals surface area contributed by atoms with Gasteiger partial charge in [0.05, 0.1) is 5.69 Å². The molecule has 0 unspecified atom stereocenters. The van der Waals surface area contributed by atoms with Gasteiger partial charge in [-0.25, -0.2) is 4.98 Å². The van der Waals surface area contributed by atoms with Crippen LogP contribution in [0.3, 0.4) is 0 Å². The van der Waals surface area contributed by atoms with Gasteiger partial charge >= 0.3 is 0 Å². The third kappa shape index (κ3) is 4.59. The molecule has 2 aromatic heterocycles. The zero-order valence-electron chi connectivity index (χ0n) is 17.4. The molecule has 0 atom stereocenters. The van der Waals surface area contributed by atoms with E-state index in [2.05, 4.69) is 30.6 Å². The molecule has 30 heavy (non-hydrogen) atoms. The van der Waals surface area contributed by atoms with Gasteiger partial charge in [0.1, 0.15) is 11.5 Å². The molecule has 156 valence electrons. The molecular formula is C22H27N7O. The van der Waals surface area contributed by atoms with Gasteiger partial charge in [-0.1, -0.05) is 30.3 Å². The number of hydrogen-bond donors (Lipinski definition) is 2. The molecule has 0 spiro atoms. The van der Waals surface area contributed by atoms with Gasteiger partial charge in [0.25, 0.3) is 5.91 Å². The average molecular weight is 406 g/mol. The molecule has 8 nitrogen and oxygen atoms in total. The van der Waals surface area contributed by atoms with Crippen LogP contribution in [0.2, 0.25) is 0 Å². The molecule has 1 fully saturated rings. The summed E-state index contributed by atoms with van der Waals surface area (Å²) in [6.45, 7) is 5.06. The molecule has 4 rings (SSSR count). The first-order valence-electron chi connectivity index (χ1n) is 10.3. The Balaban J connectivity index is 1.32. The van der Waals surface area contributed by atoms with E-state index in [0.29, 0.717) is 24.7 Å². The van der Waals surface area contributed by atoms with Crippen LogP contribution in [0.15, 0.2) is 42.5 Å². The lowest BCUT2D eigenvalue weighted by Crippen LogP contribution is -2.30. The largest absolute Gasteiger partial charge is 0.356 e. The summed E-state index contributed by atoms with van der Waals surface area (Å²) in [5, 5.41) is 10.6. The average Bonchev–Trinajstić information content (AvgIpc) is 3.41. The van der Waals surface area contributed by atoms with Crippen molar-refractivity contribution in [3.05, 3.63) is 53.9 Å². The summed E-state index contributed by atoms with van der Waals surface area (Å²) < 4.78 is 1.61. The van der Waals surface area contributed by atoms with Crippen molar-refractivity contribution in [1.29, 1.82) is 0 Å². The van der Waals surface area contributed by atoms with E-state index in [9.17, 15) is 4.79 Å². The lowest BCUT2D eigenvalue weighted by atomic mass is 10.1. The number of amides is 1. The number of anilines is 2. The highest BCUT2D eigenvalue weighted by Gasteiger charge is 2.16. The first-order chi connectivity index (χ1) is 14.6. The maximum absolute atomic E-state index is 12.6. The Morgan fingerprint density at radius 1 is 1.07 bits per heavy atom. The van der Waals surface area contributed by atoms with Gasteiger partial charge in [-0.15, -0.1) is 0 Å². The Labute approximate surface area is 176 Å². The molecule has 0 radical (unpaired) electrons. The molecule has 8 heteroatoms. The molecule has 1 aliphatic rings. The van der Waals surface area contributed by atoms with E-state index in [0.717, 1.165) is 35.9 Å². The van der Waals surface area contributed by atoms with Crippen LogP contribution in [0.4, 0.5) is 11.8 Å². The predicted octanol–water partition coefficient (Wildman–Crippen LogP) is 2.63. The second-order valence-electron chi connectivity index (χ2n) is 7.47. The Kier molecular flexibility index (Phi) is 5.92. The number of rotatable bonds is 7. The summed E-state index contributed by atoms with van der Waals surface area (Å²) in [5.74, 6) is 1.41. The first kappa shape index (κ1) is 19.9. The molecule has 3 aromatic rings. The van der Waals surface area contributed by atoms with E-state index in [1.54, 1.807) is 11.7 Å². The number of nitrogens with one attached hydrogen (secondary N) is 2. The summed E-state index contributed by atoms with van der Waals surface area (Å²) >= 11 is 0. The van der Waals surface area contributed by atoms with Gasteiger partial charge in [0.2, 0.25) is 5.95 Å². The topological polar surface area (TPSA) is 88.0 Å². The summed E-state index contributed by atoms with van der Waals surface area (Å²) in [7, 11) is 1.78. The van der Waals surface area contributed by atoms with E-state index >= 15 is 0 Å². The van der Waals surface area contributed by atoms with Gasteiger partial charge in [0, 0.05) is 50.6 Å². The van der Waals surface area contributed by atoms with Crippen LogP contribution >= 0.6 is 0 Å². The monoisotopic (exact) mass is 405 g/mol. The van der Waals surface area contributed by atoms with E-state index < -0.39 is 0 Å². The number of nitrogens with zero attached hydrogens (tertiary/aromatic N) is 5. The molecule has 2 N–H and O–H groups in total. The highest BCUT2D eigenvalue weighted by atomic mass is 16.2. The smallest absolute Gasteiger partial charge is 0.269 e. The normalized spacial score (nSPS) is 13.5. The standard InChI is InChI=1S/C22H27N7O/c1-16-14-20(29-12-6-7-13-29)26-22(25-16)24-11-10-23-21(30)19-15-18(27-28(19)2)17-8-4-3-5-9-17/h3-5,8-9,14-15H,6-7,10-13H2,1-2H3,(H,23,30)(H,24,25,26). The Morgan fingerprint density at radius 3 is 2.60 bits per heavy atom. The van der Waals surface area contributed by atoms with Gasteiger partial charge in [-0.3, -0.25) is 9.48 Å². The molecule has 1 saturated heterocycles. The Hall–Kier alpha value is -3.42. The van der Waals surface area contributed by atoms with E-state index in [1.807, 2.05) is 49.4 Å². The van der Waals surface area contributed by atoms with Gasteiger partial charge in [-0.2, -0.15) is 10.1 Å². The van der Waals surface area contributed by atoms with E-state index in [4.69, 9.17) is 0 Å². The van der Waals surface area contributed by atoms with Crippen LogP contribution < -0.4 is 15.5 Å². The molecule has 3 heterocycles. The zero-order valence-corrected chi connectivity index (χ0v) is 17.4. The second kappa shape index (κ2) is 8.94. The third-order valence-electron chi connectivity index (χ3n) is 5.15. The fourth-order valence-corrected chi connectivity index (χ4v) is 3.61. The maximum atomic E-state index is 12.6. The van der Waals surface area contributed by atoms with E-state index in [1.165, 1.54) is 12.8 Å². The van der Waals surface area contributed by atoms with Crippen LogP contribution in [0.25, 0.3) is 11.3 Å². The number of benzene rings is 1. The van der Waals surface area contributed by atoms with Crippen molar-refractivity contribution in [2.24, 2.45) is 7.05 Å². The number of carbonyl (C=O) groups is 1. The number of aromatic nitrogens is 4. The second-order valence-corrected chi connectivity index (χ2v) is 7.47. The fourth-order valence-electron chi connectivity index (χ4n) is 3.61. The summed E-state index contributed by atoms with van der Waals surface area (Å²) in [6, 6.07) is 13.7. The molecule has 0 saturated carbocycles. The minimum absolute atomic E-state index is 0.156. The number of carbonyl (C=O) groups excluding carboxylic acids is 1. The van der Waals surface area contributed by atoms with Crippen molar-refractivity contribution in [2.45, 2.75) is 19.8 Å². The van der Waals surface area contributed by atoms with Crippen LogP contribution in [-0.2, 0) is 7.05 Å². The third-order valence-corrected chi connectivity index (χ3v) is 5.15. The highest BCUT2D eigenvalue weighted by molar-refractivity contribution is 5.93. The summed E-state index contributed by atoms with van der Waals surface area (Å²) in [4.78, 5) is 23.9. The zero-order chi connectivity index (χ0) is 20.9. The van der Waals surface area contributed by atoms with Gasteiger partial charge < -0.3 is 15.5 Å². The van der Waals surface area contributed by atoms with Crippen LogP contribution in [0.1, 0.15) is 29.0 Å². The van der Waals surface area contributed by atoms with Crippen LogP contribution in [-0.4, -0.2) is 51.8 Å². The van der Waals surface area contributed by atoms with Crippen molar-refractivity contribution >= 4 is 17.7 Å². The molecule has 1 aromatic carbocycles. The molecule has 0 bridgehead atoms. The SMILES string of the molecule is Cc1cc(N2CCCC2)nc(NCCNC(=O)c2cc(-c3ccccc3)nn2C)n1. The van der Waals surface area contributed by atoms with Crippen molar-refractivity contribution in [3.8, 4) is 11.3 Å². The quantitative estimate of drug-likeness (QED) is 0.588. The molecule has 0 aliphatic carbocycles. The minimum Gasteiger partial charge on any atom is -0.356 e. The Bertz CT molecular complexity index is 1010. The van der Waals surface area contributed by atoms with Gasteiger partial charge in [0.15, 0.2) is 0 Å². The van der Waals surface area contributed by atoms with Crippen LogP contribution in [0.5, 0.6) is 0 Å². The minimum atomic E-state index is -0.156. The molecule has 1 aliphatic heterocycles. The van der Waals surface area contributed by atoms with Crippen molar-refractivity contribution in [2.75, 3.05) is 36.4 Å². The lowest BCUT2D eigenvalue weighted by molar-refractivity contribution is 0.0945. The predicted molar refractivity (Wildman–Crippen MR) is 118 cm³/mol. The first-order valence-corrected chi connectivity index (χ1v) is 10.3. The van der Waals surface area contributed by atoms with Crippen molar-refractivity contribution in [3.63, 3.8) is 0 Å².